The van der Waals surface area contributed by atoms with Crippen LogP contribution in [0.15, 0.2) is 0 Å². The smallest absolute Gasteiger partial charge is 0.0870 e. The van der Waals surface area contributed by atoms with Gasteiger partial charge in [0.2, 0.25) is 0 Å². The van der Waals surface area contributed by atoms with Crippen LogP contribution in [0.2, 0.25) is 0 Å². The van der Waals surface area contributed by atoms with Crippen molar-refractivity contribution in [3.8, 4) is 0 Å². The predicted octanol–water partition coefficient (Wildman–Crippen LogP) is 0.0691. The molecule has 2 fully saturated rings. The molecule has 2 rings (SSSR count). The molecular formula is C11H21N3OS. The quantitative estimate of drug-likeness (QED) is 0.711. The van der Waals surface area contributed by atoms with E-state index in [4.69, 9.17) is 22.7 Å². The Balaban J connectivity index is 1.73. The van der Waals surface area contributed by atoms with E-state index >= 15 is 0 Å². The number of piperazine rings is 1. The molecule has 2 aliphatic heterocycles. The second-order valence-electron chi connectivity index (χ2n) is 4.62. The van der Waals surface area contributed by atoms with Gasteiger partial charge in [-0.1, -0.05) is 12.2 Å². The van der Waals surface area contributed by atoms with E-state index in [-0.39, 0.29) is 0 Å². The third-order valence-electron chi connectivity index (χ3n) is 3.49. The summed E-state index contributed by atoms with van der Waals surface area (Å²) in [6.07, 6.45) is 2.38. The SMILES string of the molecule is NC(=S)CN1CCN(C2CCOCC2)CC1. The molecule has 0 spiro atoms. The Morgan fingerprint density at radius 2 is 1.81 bits per heavy atom. The van der Waals surface area contributed by atoms with E-state index in [0.717, 1.165) is 52.0 Å². The molecular weight excluding hydrogens is 222 g/mol. The minimum absolute atomic E-state index is 0.611. The van der Waals surface area contributed by atoms with Crippen molar-refractivity contribution in [2.24, 2.45) is 5.73 Å². The molecule has 0 aromatic carbocycles. The topological polar surface area (TPSA) is 41.7 Å². The molecule has 92 valence electrons. The van der Waals surface area contributed by atoms with Crippen LogP contribution in [-0.2, 0) is 4.74 Å². The van der Waals surface area contributed by atoms with E-state index in [2.05, 4.69) is 9.80 Å². The van der Waals surface area contributed by atoms with Crippen molar-refractivity contribution in [1.82, 2.24) is 9.80 Å². The number of rotatable bonds is 3. The van der Waals surface area contributed by atoms with Crippen LogP contribution in [0.3, 0.4) is 0 Å². The van der Waals surface area contributed by atoms with Gasteiger partial charge in [0.05, 0.1) is 4.99 Å². The fraction of sp³-hybridized carbons (Fsp3) is 0.909. The Morgan fingerprint density at radius 3 is 2.38 bits per heavy atom. The van der Waals surface area contributed by atoms with E-state index in [1.165, 1.54) is 12.8 Å². The van der Waals surface area contributed by atoms with Gasteiger partial charge in [0.25, 0.3) is 0 Å². The van der Waals surface area contributed by atoms with Crippen LogP contribution in [0.1, 0.15) is 12.8 Å². The van der Waals surface area contributed by atoms with Crippen LogP contribution in [0.25, 0.3) is 0 Å². The first kappa shape index (κ1) is 12.2. The van der Waals surface area contributed by atoms with Crippen molar-refractivity contribution in [3.05, 3.63) is 0 Å². The maximum Gasteiger partial charge on any atom is 0.0870 e. The summed E-state index contributed by atoms with van der Waals surface area (Å²) in [7, 11) is 0. The lowest BCUT2D eigenvalue weighted by Gasteiger charge is -2.40. The summed E-state index contributed by atoms with van der Waals surface area (Å²) in [5.74, 6) is 0. The highest BCUT2D eigenvalue weighted by Gasteiger charge is 2.25. The number of nitrogens with two attached hydrogens (primary N) is 1. The highest BCUT2D eigenvalue weighted by Crippen LogP contribution is 2.16. The third-order valence-corrected chi connectivity index (χ3v) is 3.62. The largest absolute Gasteiger partial charge is 0.392 e. The molecule has 0 unspecified atom stereocenters. The molecule has 0 saturated carbocycles. The standard InChI is InChI=1S/C11H21N3OS/c12-11(16)9-13-3-5-14(6-4-13)10-1-7-15-8-2-10/h10H,1-9H2,(H2,12,16). The molecule has 0 aromatic rings. The van der Waals surface area contributed by atoms with Crippen LogP contribution in [0, 0.1) is 0 Å². The molecule has 5 heteroatoms. The fourth-order valence-corrected chi connectivity index (χ4v) is 2.74. The number of ether oxygens (including phenoxy) is 1. The molecule has 2 saturated heterocycles. The average Bonchev–Trinajstić information content (AvgIpc) is 2.30. The van der Waals surface area contributed by atoms with E-state index in [1.54, 1.807) is 0 Å². The minimum atomic E-state index is 0.611. The molecule has 16 heavy (non-hydrogen) atoms. The lowest BCUT2D eigenvalue weighted by molar-refractivity contribution is 0.0160. The Kier molecular flexibility index (Phi) is 4.52. The van der Waals surface area contributed by atoms with Gasteiger partial charge in [-0.15, -0.1) is 0 Å². The van der Waals surface area contributed by atoms with Crippen LogP contribution in [0.5, 0.6) is 0 Å². The van der Waals surface area contributed by atoms with Crippen LogP contribution in [0.4, 0.5) is 0 Å². The molecule has 0 amide bonds. The molecule has 2 heterocycles. The molecule has 4 nitrogen and oxygen atoms in total. The van der Waals surface area contributed by atoms with Crippen molar-refractivity contribution in [3.63, 3.8) is 0 Å². The Morgan fingerprint density at radius 1 is 1.19 bits per heavy atom. The normalized spacial score (nSPS) is 25.8. The summed E-state index contributed by atoms with van der Waals surface area (Å²) in [5, 5.41) is 0. The van der Waals surface area contributed by atoms with Gasteiger partial charge in [-0.3, -0.25) is 9.80 Å². The minimum Gasteiger partial charge on any atom is -0.392 e. The second kappa shape index (κ2) is 5.91. The summed E-state index contributed by atoms with van der Waals surface area (Å²) in [5.41, 5.74) is 5.56. The van der Waals surface area contributed by atoms with Crippen molar-refractivity contribution in [1.29, 1.82) is 0 Å². The monoisotopic (exact) mass is 243 g/mol. The van der Waals surface area contributed by atoms with Crippen LogP contribution >= 0.6 is 12.2 Å². The van der Waals surface area contributed by atoms with Gasteiger partial charge in [-0.25, -0.2) is 0 Å². The first-order chi connectivity index (χ1) is 7.75. The van der Waals surface area contributed by atoms with Gasteiger partial charge in [-0.2, -0.15) is 0 Å². The lowest BCUT2D eigenvalue weighted by Crippen LogP contribution is -2.52. The molecule has 2 aliphatic rings. The van der Waals surface area contributed by atoms with E-state index in [1.807, 2.05) is 0 Å². The maximum absolute atomic E-state index is 5.56. The fourth-order valence-electron chi connectivity index (χ4n) is 2.56. The molecule has 2 N–H and O–H groups in total. The zero-order chi connectivity index (χ0) is 11.4. The van der Waals surface area contributed by atoms with Gasteiger partial charge < -0.3 is 10.5 Å². The molecule has 0 aromatic heterocycles. The first-order valence-corrected chi connectivity index (χ1v) is 6.49. The van der Waals surface area contributed by atoms with Gasteiger partial charge in [-0.05, 0) is 12.8 Å². The summed E-state index contributed by atoms with van der Waals surface area (Å²) in [6.45, 7) is 7.11. The molecule has 0 atom stereocenters. The maximum atomic E-state index is 5.56. The number of thiocarbonyl (C=S) groups is 1. The van der Waals surface area contributed by atoms with Gasteiger partial charge in [0, 0.05) is 52.0 Å². The molecule has 0 aliphatic carbocycles. The first-order valence-electron chi connectivity index (χ1n) is 6.08. The van der Waals surface area contributed by atoms with E-state index < -0.39 is 0 Å². The van der Waals surface area contributed by atoms with Crippen molar-refractivity contribution in [2.45, 2.75) is 18.9 Å². The Labute approximate surface area is 103 Å². The zero-order valence-corrected chi connectivity index (χ0v) is 10.5. The number of hydrogen-bond donors (Lipinski definition) is 1. The summed E-state index contributed by atoms with van der Waals surface area (Å²) in [4.78, 5) is 5.55. The average molecular weight is 243 g/mol. The Bertz CT molecular complexity index is 235. The molecule has 0 bridgehead atoms. The van der Waals surface area contributed by atoms with Crippen molar-refractivity contribution in [2.75, 3.05) is 45.9 Å². The third kappa shape index (κ3) is 3.38. The second-order valence-corrected chi connectivity index (χ2v) is 5.15. The highest BCUT2D eigenvalue weighted by molar-refractivity contribution is 7.80. The zero-order valence-electron chi connectivity index (χ0n) is 9.73. The van der Waals surface area contributed by atoms with Gasteiger partial charge in [0.1, 0.15) is 0 Å². The summed E-state index contributed by atoms with van der Waals surface area (Å²) >= 11 is 4.94. The highest BCUT2D eigenvalue weighted by atomic mass is 32.1. The number of hydrogen-bond acceptors (Lipinski definition) is 4. The van der Waals surface area contributed by atoms with Crippen LogP contribution in [-0.4, -0.2) is 66.8 Å². The van der Waals surface area contributed by atoms with Crippen LogP contribution < -0.4 is 5.73 Å². The number of nitrogens with zero attached hydrogens (tertiary/aromatic N) is 2. The summed E-state index contributed by atoms with van der Waals surface area (Å²) < 4.78 is 5.39. The van der Waals surface area contributed by atoms with Crippen molar-refractivity contribution < 1.29 is 4.74 Å². The van der Waals surface area contributed by atoms with Crippen molar-refractivity contribution >= 4 is 17.2 Å². The lowest BCUT2D eigenvalue weighted by atomic mass is 10.1. The molecule has 0 radical (unpaired) electrons. The Hall–Kier alpha value is -0.230. The van der Waals surface area contributed by atoms with Gasteiger partial charge in [0.15, 0.2) is 0 Å². The predicted molar refractivity (Wildman–Crippen MR) is 68.6 cm³/mol. The van der Waals surface area contributed by atoms with Gasteiger partial charge >= 0.3 is 0 Å². The van der Waals surface area contributed by atoms with E-state index in [9.17, 15) is 0 Å². The summed E-state index contributed by atoms with van der Waals surface area (Å²) in [6, 6.07) is 0.737. The van der Waals surface area contributed by atoms with E-state index in [0.29, 0.717) is 4.99 Å².